The van der Waals surface area contributed by atoms with Crippen LogP contribution in [0.15, 0.2) is 64.4 Å². The van der Waals surface area contributed by atoms with Crippen LogP contribution in [0.5, 0.6) is 11.5 Å². The van der Waals surface area contributed by atoms with Crippen LogP contribution in [-0.2, 0) is 20.2 Å². The maximum Gasteiger partial charge on any atom is 0.295 e. The van der Waals surface area contributed by atoms with E-state index in [4.69, 9.17) is 4.74 Å². The Balaban J connectivity index is 2.18. The zero-order chi connectivity index (χ0) is 21.8. The first-order chi connectivity index (χ1) is 13.9. The van der Waals surface area contributed by atoms with E-state index in [2.05, 4.69) is 6.58 Å². The van der Waals surface area contributed by atoms with Crippen molar-refractivity contribution in [1.29, 1.82) is 0 Å². The fourth-order valence-electron chi connectivity index (χ4n) is 3.42. The van der Waals surface area contributed by atoms with Gasteiger partial charge in [-0.05, 0) is 42.0 Å². The van der Waals surface area contributed by atoms with Gasteiger partial charge in [-0.3, -0.25) is 9.11 Å². The molecule has 2 N–H and O–H groups in total. The number of ether oxygens (including phenoxy) is 1. The molecule has 0 saturated heterocycles. The molecule has 0 fully saturated rings. The van der Waals surface area contributed by atoms with Crippen molar-refractivity contribution in [3.63, 3.8) is 0 Å². The van der Waals surface area contributed by atoms with Gasteiger partial charge in [0.05, 0.1) is 4.90 Å². The number of hydrogen-bond acceptors (Lipinski definition) is 5. The molecular formula is C21H16O7S2. The standard InChI is InChI=1S/C21H16O7S2/c1-12-3-6-15-18(9-12)28-19-10-13(2)4-7-16(19)21(15)17-8-5-14(29(22,23)24)11-20(17)30(25,26)27/h3-11H,1H2,2H3,(H,22,23,24)(H,25,26,27). The highest BCUT2D eigenvalue weighted by Crippen LogP contribution is 2.38. The Labute approximate surface area is 173 Å². The van der Waals surface area contributed by atoms with Gasteiger partial charge in [0, 0.05) is 21.9 Å². The second kappa shape index (κ2) is 6.78. The molecule has 0 saturated carbocycles. The van der Waals surface area contributed by atoms with Crippen molar-refractivity contribution in [2.24, 2.45) is 0 Å². The summed E-state index contributed by atoms with van der Waals surface area (Å²) in [6, 6.07) is 13.5. The van der Waals surface area contributed by atoms with Crippen molar-refractivity contribution >= 4 is 32.4 Å². The number of benzene rings is 3. The van der Waals surface area contributed by atoms with Crippen LogP contribution < -0.4 is 15.2 Å². The molecule has 0 spiro atoms. The van der Waals surface area contributed by atoms with Crippen LogP contribution in [0.3, 0.4) is 0 Å². The third-order valence-corrected chi connectivity index (χ3v) is 6.48. The smallest absolute Gasteiger partial charge is 0.295 e. The summed E-state index contributed by atoms with van der Waals surface area (Å²) in [4.78, 5) is -1.30. The Bertz CT molecular complexity index is 1540. The van der Waals surface area contributed by atoms with Gasteiger partial charge in [0.1, 0.15) is 16.4 Å². The van der Waals surface area contributed by atoms with Gasteiger partial charge < -0.3 is 4.74 Å². The lowest BCUT2D eigenvalue weighted by atomic mass is 9.92. The number of rotatable bonds is 3. The number of fused-ring (bicyclic) bond motifs is 2. The molecular weight excluding hydrogens is 428 g/mol. The van der Waals surface area contributed by atoms with E-state index in [-0.39, 0.29) is 5.56 Å². The van der Waals surface area contributed by atoms with E-state index in [0.29, 0.717) is 33.1 Å². The minimum absolute atomic E-state index is 0.0661. The molecule has 154 valence electrons. The Morgan fingerprint density at radius 2 is 1.50 bits per heavy atom. The highest BCUT2D eigenvalue weighted by atomic mass is 32.2. The zero-order valence-electron chi connectivity index (χ0n) is 15.7. The Morgan fingerprint density at radius 1 is 0.800 bits per heavy atom. The summed E-state index contributed by atoms with van der Waals surface area (Å²) < 4.78 is 72.4. The van der Waals surface area contributed by atoms with E-state index < -0.39 is 30.0 Å². The lowest BCUT2D eigenvalue weighted by molar-refractivity contribution is 0.470. The molecule has 9 heteroatoms. The van der Waals surface area contributed by atoms with E-state index in [9.17, 15) is 25.9 Å². The van der Waals surface area contributed by atoms with Crippen molar-refractivity contribution in [3.8, 4) is 11.5 Å². The van der Waals surface area contributed by atoms with Crippen LogP contribution >= 0.6 is 0 Å². The number of aryl methyl sites for hydroxylation is 1. The minimum atomic E-state index is -4.84. The summed E-state index contributed by atoms with van der Waals surface area (Å²) in [7, 11) is -9.52. The minimum Gasteiger partial charge on any atom is -0.456 e. The maximum absolute atomic E-state index is 12.1. The summed E-state index contributed by atoms with van der Waals surface area (Å²) >= 11 is 0. The van der Waals surface area contributed by atoms with E-state index in [0.717, 1.165) is 17.7 Å². The van der Waals surface area contributed by atoms with Gasteiger partial charge in [-0.25, -0.2) is 0 Å². The topological polar surface area (TPSA) is 118 Å². The molecule has 1 aliphatic heterocycles. The Hall–Kier alpha value is -2.98. The predicted octanol–water partition coefficient (Wildman–Crippen LogP) is 2.25. The summed E-state index contributed by atoms with van der Waals surface area (Å²) in [6.07, 6.45) is 0. The third-order valence-electron chi connectivity index (χ3n) is 4.74. The van der Waals surface area contributed by atoms with Crippen molar-refractivity contribution < 1.29 is 30.7 Å². The van der Waals surface area contributed by atoms with Crippen LogP contribution in [0.25, 0.3) is 12.2 Å². The molecule has 3 aromatic rings. The van der Waals surface area contributed by atoms with Crippen molar-refractivity contribution in [2.45, 2.75) is 16.7 Å². The average Bonchev–Trinajstić information content (AvgIpc) is 2.64. The molecule has 3 aromatic carbocycles. The third kappa shape index (κ3) is 3.52. The van der Waals surface area contributed by atoms with E-state index in [1.807, 2.05) is 13.0 Å². The molecule has 0 aliphatic carbocycles. The highest BCUT2D eigenvalue weighted by molar-refractivity contribution is 7.86. The van der Waals surface area contributed by atoms with Gasteiger partial charge in [0.25, 0.3) is 20.2 Å². The summed E-state index contributed by atoms with van der Waals surface area (Å²) in [5.74, 6) is 0.916. The SMILES string of the molecule is C=c1ccc2c(c1)Oc1cc(C)ccc1C=2c1ccc(S(=O)(=O)O)cc1S(=O)(=O)O. The maximum atomic E-state index is 12.1. The van der Waals surface area contributed by atoms with Crippen molar-refractivity contribution in [3.05, 3.63) is 81.7 Å². The van der Waals surface area contributed by atoms with Crippen LogP contribution in [0.1, 0.15) is 16.7 Å². The van der Waals surface area contributed by atoms with Gasteiger partial charge in [-0.2, -0.15) is 16.8 Å². The van der Waals surface area contributed by atoms with Crippen LogP contribution in [-0.4, -0.2) is 25.9 Å². The Kier molecular flexibility index (Phi) is 4.59. The lowest BCUT2D eigenvalue weighted by Gasteiger charge is -2.22. The fourth-order valence-corrected chi connectivity index (χ4v) is 4.72. The monoisotopic (exact) mass is 444 g/mol. The molecule has 1 heterocycles. The van der Waals surface area contributed by atoms with Crippen LogP contribution in [0.2, 0.25) is 0 Å². The summed E-state index contributed by atoms with van der Waals surface area (Å²) in [6.45, 7) is 5.75. The fraction of sp³-hybridized carbons (Fsp3) is 0.0476. The summed E-state index contributed by atoms with van der Waals surface area (Å²) in [5.41, 5.74) is 1.98. The normalized spacial score (nSPS) is 13.4. The van der Waals surface area contributed by atoms with Gasteiger partial charge in [0.15, 0.2) is 0 Å². The van der Waals surface area contributed by atoms with E-state index >= 15 is 0 Å². The zero-order valence-corrected chi connectivity index (χ0v) is 17.3. The van der Waals surface area contributed by atoms with Crippen LogP contribution in [0.4, 0.5) is 0 Å². The second-order valence-corrected chi connectivity index (χ2v) is 9.73. The van der Waals surface area contributed by atoms with Gasteiger partial charge in [-0.1, -0.05) is 36.9 Å². The Morgan fingerprint density at radius 3 is 2.17 bits per heavy atom. The van der Waals surface area contributed by atoms with E-state index in [1.165, 1.54) is 6.07 Å². The molecule has 0 bridgehead atoms. The molecule has 0 atom stereocenters. The van der Waals surface area contributed by atoms with Crippen molar-refractivity contribution in [2.75, 3.05) is 0 Å². The molecule has 0 unspecified atom stereocenters. The van der Waals surface area contributed by atoms with Crippen molar-refractivity contribution in [1.82, 2.24) is 0 Å². The average molecular weight is 444 g/mol. The van der Waals surface area contributed by atoms with E-state index in [1.54, 1.807) is 30.3 Å². The molecule has 0 radical (unpaired) electrons. The predicted molar refractivity (Wildman–Crippen MR) is 110 cm³/mol. The largest absolute Gasteiger partial charge is 0.456 e. The highest BCUT2D eigenvalue weighted by Gasteiger charge is 2.27. The molecule has 4 rings (SSSR count). The van der Waals surface area contributed by atoms with Gasteiger partial charge in [-0.15, -0.1) is 0 Å². The first kappa shape index (κ1) is 20.3. The van der Waals surface area contributed by atoms with Gasteiger partial charge in [0.2, 0.25) is 0 Å². The molecule has 30 heavy (non-hydrogen) atoms. The lowest BCUT2D eigenvalue weighted by Crippen LogP contribution is -2.21. The molecule has 0 amide bonds. The van der Waals surface area contributed by atoms with Gasteiger partial charge >= 0.3 is 0 Å². The first-order valence-corrected chi connectivity index (χ1v) is 11.5. The molecule has 7 nitrogen and oxygen atoms in total. The molecule has 0 aromatic heterocycles. The van der Waals surface area contributed by atoms with Crippen LogP contribution in [0, 0.1) is 6.92 Å². The summed E-state index contributed by atoms with van der Waals surface area (Å²) in [5, 5.41) is 1.23. The molecule has 1 aliphatic rings. The quantitative estimate of drug-likeness (QED) is 0.465. The first-order valence-electron chi connectivity index (χ1n) is 8.67. The number of hydrogen-bond donors (Lipinski definition) is 2. The second-order valence-electron chi connectivity index (χ2n) is 6.92.